The third-order valence-corrected chi connectivity index (χ3v) is 4.21. The van der Waals surface area contributed by atoms with Gasteiger partial charge in [-0.2, -0.15) is 0 Å². The molecule has 5 heteroatoms. The van der Waals surface area contributed by atoms with E-state index in [1.165, 1.54) is 16.7 Å². The average molecular weight is 279 g/mol. The Morgan fingerprint density at radius 3 is 3.00 bits per heavy atom. The number of nitrogens with two attached hydrogens (primary N) is 1. The summed E-state index contributed by atoms with van der Waals surface area (Å²) in [5, 5.41) is 0. The SMILES string of the molecule is CN1CCc2ccc(-c3cnc(N)n4cncc34)cc2C1. The molecule has 3 aromatic rings. The Morgan fingerprint density at radius 2 is 2.10 bits per heavy atom. The van der Waals surface area contributed by atoms with Crippen molar-refractivity contribution in [2.45, 2.75) is 13.0 Å². The number of hydrogen-bond acceptors (Lipinski definition) is 4. The van der Waals surface area contributed by atoms with Gasteiger partial charge in [-0.1, -0.05) is 12.1 Å². The second-order valence-electron chi connectivity index (χ2n) is 5.65. The summed E-state index contributed by atoms with van der Waals surface area (Å²) in [4.78, 5) is 10.8. The van der Waals surface area contributed by atoms with Gasteiger partial charge in [0.1, 0.15) is 6.33 Å². The van der Waals surface area contributed by atoms with Crippen molar-refractivity contribution in [1.29, 1.82) is 0 Å². The molecule has 4 rings (SSSR count). The molecule has 106 valence electrons. The van der Waals surface area contributed by atoms with Gasteiger partial charge in [0.15, 0.2) is 0 Å². The topological polar surface area (TPSA) is 59.5 Å². The second kappa shape index (κ2) is 4.56. The van der Waals surface area contributed by atoms with Crippen LogP contribution < -0.4 is 5.73 Å². The second-order valence-corrected chi connectivity index (χ2v) is 5.65. The first-order valence-corrected chi connectivity index (χ1v) is 7.09. The molecule has 1 aliphatic heterocycles. The fraction of sp³-hybridized carbons (Fsp3) is 0.250. The van der Waals surface area contributed by atoms with E-state index in [1.807, 2.05) is 16.8 Å². The van der Waals surface area contributed by atoms with Crippen LogP contribution in [0.2, 0.25) is 0 Å². The Hall–Kier alpha value is -2.40. The van der Waals surface area contributed by atoms with Gasteiger partial charge in [0.05, 0.1) is 11.7 Å². The number of fused-ring (bicyclic) bond motifs is 2. The van der Waals surface area contributed by atoms with E-state index in [9.17, 15) is 0 Å². The molecule has 2 aromatic heterocycles. The molecule has 0 aliphatic carbocycles. The highest BCUT2D eigenvalue weighted by molar-refractivity contribution is 5.80. The molecule has 1 aromatic carbocycles. The number of imidazole rings is 1. The summed E-state index contributed by atoms with van der Waals surface area (Å²) in [5.74, 6) is 0.462. The summed E-state index contributed by atoms with van der Waals surface area (Å²) < 4.78 is 1.82. The van der Waals surface area contributed by atoms with Gasteiger partial charge in [0.2, 0.25) is 5.95 Å². The van der Waals surface area contributed by atoms with Gasteiger partial charge in [-0.05, 0) is 36.2 Å². The molecule has 2 N–H and O–H groups in total. The van der Waals surface area contributed by atoms with Crippen LogP contribution in [0.4, 0.5) is 5.95 Å². The first kappa shape index (κ1) is 12.3. The van der Waals surface area contributed by atoms with E-state index in [4.69, 9.17) is 5.73 Å². The van der Waals surface area contributed by atoms with Crippen LogP contribution in [0.25, 0.3) is 16.6 Å². The van der Waals surface area contributed by atoms with Crippen molar-refractivity contribution >= 4 is 11.5 Å². The van der Waals surface area contributed by atoms with E-state index in [1.54, 1.807) is 6.33 Å². The van der Waals surface area contributed by atoms with Crippen LogP contribution in [-0.2, 0) is 13.0 Å². The summed E-state index contributed by atoms with van der Waals surface area (Å²) in [5.41, 5.74) is 12.0. The van der Waals surface area contributed by atoms with Crippen LogP contribution in [0.15, 0.2) is 36.9 Å². The first-order valence-electron chi connectivity index (χ1n) is 7.09. The van der Waals surface area contributed by atoms with Gasteiger partial charge in [-0.15, -0.1) is 0 Å². The lowest BCUT2D eigenvalue weighted by molar-refractivity contribution is 0.313. The lowest BCUT2D eigenvalue weighted by atomic mass is 9.95. The van der Waals surface area contributed by atoms with Crippen molar-refractivity contribution in [3.8, 4) is 11.1 Å². The van der Waals surface area contributed by atoms with Crippen LogP contribution >= 0.6 is 0 Å². The standard InChI is InChI=1S/C16H17N5/c1-20-5-4-11-2-3-12(6-13(11)9-20)14-7-19-16(17)21-10-18-8-15(14)21/h2-3,6-8,10H,4-5,9H2,1H3,(H2,17,19). The number of anilines is 1. The molecule has 0 atom stereocenters. The van der Waals surface area contributed by atoms with Crippen molar-refractivity contribution in [3.63, 3.8) is 0 Å². The smallest absolute Gasteiger partial charge is 0.206 e. The third-order valence-electron chi connectivity index (χ3n) is 4.21. The summed E-state index contributed by atoms with van der Waals surface area (Å²) in [6, 6.07) is 6.68. The molecule has 0 unspecified atom stereocenters. The van der Waals surface area contributed by atoms with Gasteiger partial charge in [-0.25, -0.2) is 9.97 Å². The number of hydrogen-bond donors (Lipinski definition) is 1. The van der Waals surface area contributed by atoms with Gasteiger partial charge in [-0.3, -0.25) is 4.40 Å². The zero-order valence-corrected chi connectivity index (χ0v) is 12.0. The largest absolute Gasteiger partial charge is 0.369 e. The average Bonchev–Trinajstić information content (AvgIpc) is 2.97. The third kappa shape index (κ3) is 1.97. The maximum Gasteiger partial charge on any atom is 0.206 e. The normalized spacial score (nSPS) is 15.3. The Labute approximate surface area is 123 Å². The number of rotatable bonds is 1. The molecule has 0 radical (unpaired) electrons. The van der Waals surface area contributed by atoms with Gasteiger partial charge >= 0.3 is 0 Å². The van der Waals surface area contributed by atoms with Crippen LogP contribution in [0.1, 0.15) is 11.1 Å². The fourth-order valence-corrected chi connectivity index (χ4v) is 3.02. The zero-order valence-electron chi connectivity index (χ0n) is 12.0. The molecule has 1 aliphatic rings. The lowest BCUT2D eigenvalue weighted by Crippen LogP contribution is -2.26. The van der Waals surface area contributed by atoms with Crippen molar-refractivity contribution in [1.82, 2.24) is 19.3 Å². The monoisotopic (exact) mass is 279 g/mol. The predicted molar refractivity (Wildman–Crippen MR) is 82.9 cm³/mol. The highest BCUT2D eigenvalue weighted by atomic mass is 15.1. The molecule has 0 saturated heterocycles. The Balaban J connectivity index is 1.87. The number of nitrogen functional groups attached to an aromatic ring is 1. The molecule has 3 heterocycles. The molecule has 0 fully saturated rings. The fourth-order valence-electron chi connectivity index (χ4n) is 3.02. The van der Waals surface area contributed by atoms with E-state index in [2.05, 4.69) is 40.1 Å². The zero-order chi connectivity index (χ0) is 14.4. The molecular weight excluding hydrogens is 262 g/mol. The Morgan fingerprint density at radius 1 is 1.19 bits per heavy atom. The van der Waals surface area contributed by atoms with Crippen LogP contribution in [0, 0.1) is 0 Å². The number of benzene rings is 1. The predicted octanol–water partition coefficient (Wildman–Crippen LogP) is 1.97. The molecule has 21 heavy (non-hydrogen) atoms. The van der Waals surface area contributed by atoms with Crippen molar-refractivity contribution in [2.75, 3.05) is 19.3 Å². The van der Waals surface area contributed by atoms with Gasteiger partial charge in [0.25, 0.3) is 0 Å². The van der Waals surface area contributed by atoms with Crippen molar-refractivity contribution in [2.24, 2.45) is 0 Å². The summed E-state index contributed by atoms with van der Waals surface area (Å²) >= 11 is 0. The molecule has 0 saturated carbocycles. The number of nitrogens with zero attached hydrogens (tertiary/aromatic N) is 4. The molecule has 0 bridgehead atoms. The highest BCUT2D eigenvalue weighted by Crippen LogP contribution is 2.29. The van der Waals surface area contributed by atoms with Gasteiger partial charge in [0, 0.05) is 24.8 Å². The quantitative estimate of drug-likeness (QED) is 0.740. The van der Waals surface area contributed by atoms with E-state index < -0.39 is 0 Å². The maximum absolute atomic E-state index is 5.88. The van der Waals surface area contributed by atoms with Crippen molar-refractivity contribution in [3.05, 3.63) is 48.0 Å². The van der Waals surface area contributed by atoms with Gasteiger partial charge < -0.3 is 10.6 Å². The maximum atomic E-state index is 5.88. The molecular formula is C16H17N5. The summed E-state index contributed by atoms with van der Waals surface area (Å²) in [6.45, 7) is 2.13. The van der Waals surface area contributed by atoms with Crippen molar-refractivity contribution < 1.29 is 0 Å². The lowest BCUT2D eigenvalue weighted by Gasteiger charge is -2.25. The minimum atomic E-state index is 0.462. The molecule has 0 amide bonds. The number of aromatic nitrogens is 3. The first-order chi connectivity index (χ1) is 10.2. The Kier molecular flexibility index (Phi) is 2.68. The van der Waals surface area contributed by atoms with E-state index >= 15 is 0 Å². The van der Waals surface area contributed by atoms with Crippen LogP contribution in [-0.4, -0.2) is 32.9 Å². The molecule has 5 nitrogen and oxygen atoms in total. The van der Waals surface area contributed by atoms with E-state index in [0.29, 0.717) is 5.95 Å². The highest BCUT2D eigenvalue weighted by Gasteiger charge is 2.15. The van der Waals surface area contributed by atoms with Crippen LogP contribution in [0.3, 0.4) is 0 Å². The van der Waals surface area contributed by atoms with Crippen LogP contribution in [0.5, 0.6) is 0 Å². The summed E-state index contributed by atoms with van der Waals surface area (Å²) in [6.07, 6.45) is 6.49. The van der Waals surface area contributed by atoms with E-state index in [-0.39, 0.29) is 0 Å². The Bertz CT molecular complexity index is 821. The summed E-state index contributed by atoms with van der Waals surface area (Å²) in [7, 11) is 2.16. The number of likely N-dealkylation sites (N-methyl/N-ethyl adjacent to an activating group) is 1. The van der Waals surface area contributed by atoms with E-state index in [0.717, 1.165) is 30.6 Å². The molecule has 0 spiro atoms. The minimum absolute atomic E-state index is 0.462. The minimum Gasteiger partial charge on any atom is -0.369 e.